The highest BCUT2D eigenvalue weighted by Gasteiger charge is 2.26. The lowest BCUT2D eigenvalue weighted by atomic mass is 9.97. The summed E-state index contributed by atoms with van der Waals surface area (Å²) in [6, 6.07) is 1.44. The van der Waals surface area contributed by atoms with E-state index in [-0.39, 0.29) is 12.3 Å². The Balaban J connectivity index is 2.01. The fourth-order valence-corrected chi connectivity index (χ4v) is 2.60. The Hall–Kier alpha value is -1.69. The van der Waals surface area contributed by atoms with E-state index in [2.05, 4.69) is 15.3 Å². The van der Waals surface area contributed by atoms with Crippen molar-refractivity contribution in [3.05, 3.63) is 17.5 Å². The van der Waals surface area contributed by atoms with Gasteiger partial charge in [-0.2, -0.15) is 0 Å². The van der Waals surface area contributed by atoms with Crippen LogP contribution in [0.4, 0.5) is 5.95 Å². The van der Waals surface area contributed by atoms with Crippen LogP contribution in [0.5, 0.6) is 0 Å². The van der Waals surface area contributed by atoms with E-state index in [0.717, 1.165) is 19.3 Å². The zero-order valence-electron chi connectivity index (χ0n) is 11.0. The quantitative estimate of drug-likeness (QED) is 0.742. The van der Waals surface area contributed by atoms with Crippen LogP contribution in [-0.4, -0.2) is 39.3 Å². The zero-order chi connectivity index (χ0) is 13.8. The Kier molecular flexibility index (Phi) is 4.31. The maximum absolute atomic E-state index is 10.9. The van der Waals surface area contributed by atoms with Crippen LogP contribution in [0.3, 0.4) is 0 Å². The molecule has 2 unspecified atom stereocenters. The smallest absolute Gasteiger partial charge is 0.354 e. The second-order valence-corrected chi connectivity index (χ2v) is 5.04. The molecule has 0 saturated heterocycles. The molecule has 1 aliphatic rings. The summed E-state index contributed by atoms with van der Waals surface area (Å²) in [5, 5.41) is 21.3. The molecule has 6 nitrogen and oxygen atoms in total. The first-order chi connectivity index (χ1) is 9.10. The van der Waals surface area contributed by atoms with Crippen LogP contribution in [0.1, 0.15) is 35.4 Å². The minimum absolute atomic E-state index is 0.000120. The maximum Gasteiger partial charge on any atom is 0.354 e. The summed E-state index contributed by atoms with van der Waals surface area (Å²) in [6.45, 7) is 2.63. The summed E-state index contributed by atoms with van der Waals surface area (Å²) in [7, 11) is 0. The number of carboxylic acids is 1. The molecule has 0 amide bonds. The number of aliphatic hydroxyl groups is 1. The predicted molar refractivity (Wildman–Crippen MR) is 70.1 cm³/mol. The lowest BCUT2D eigenvalue weighted by Gasteiger charge is -2.17. The molecule has 3 N–H and O–H groups in total. The average Bonchev–Trinajstić information content (AvgIpc) is 2.83. The first-order valence-electron chi connectivity index (χ1n) is 6.54. The van der Waals surface area contributed by atoms with Gasteiger partial charge in [0, 0.05) is 18.8 Å². The molecule has 0 spiro atoms. The maximum atomic E-state index is 10.9. The SMILES string of the molecule is Cc1cc(C(=O)O)nc(NCC2CCCC2CO)n1. The topological polar surface area (TPSA) is 95.3 Å². The van der Waals surface area contributed by atoms with E-state index >= 15 is 0 Å². The summed E-state index contributed by atoms with van der Waals surface area (Å²) < 4.78 is 0. The van der Waals surface area contributed by atoms with Crippen molar-refractivity contribution in [2.24, 2.45) is 11.8 Å². The van der Waals surface area contributed by atoms with E-state index < -0.39 is 5.97 Å². The fraction of sp³-hybridized carbons (Fsp3) is 0.615. The molecule has 0 radical (unpaired) electrons. The number of aromatic carboxylic acids is 1. The molecule has 0 aliphatic heterocycles. The Morgan fingerprint density at radius 2 is 2.16 bits per heavy atom. The first-order valence-corrected chi connectivity index (χ1v) is 6.54. The molecular formula is C13H19N3O3. The van der Waals surface area contributed by atoms with Crippen LogP contribution in [0.25, 0.3) is 0 Å². The number of nitrogens with zero attached hydrogens (tertiary/aromatic N) is 2. The van der Waals surface area contributed by atoms with Gasteiger partial charge in [-0.25, -0.2) is 14.8 Å². The van der Waals surface area contributed by atoms with E-state index in [1.807, 2.05) is 0 Å². The molecule has 19 heavy (non-hydrogen) atoms. The van der Waals surface area contributed by atoms with Gasteiger partial charge in [0.15, 0.2) is 5.69 Å². The number of rotatable bonds is 5. The van der Waals surface area contributed by atoms with Crippen molar-refractivity contribution >= 4 is 11.9 Å². The standard InChI is InChI=1S/C13H19N3O3/c1-8-5-11(12(18)19)16-13(15-8)14-6-9-3-2-4-10(9)7-17/h5,9-10,17H,2-4,6-7H2,1H3,(H,18,19)(H,14,15,16). The van der Waals surface area contributed by atoms with Crippen molar-refractivity contribution in [1.29, 1.82) is 0 Å². The van der Waals surface area contributed by atoms with Crippen LogP contribution in [0, 0.1) is 18.8 Å². The third-order valence-electron chi connectivity index (χ3n) is 3.65. The van der Waals surface area contributed by atoms with Gasteiger partial charge < -0.3 is 15.5 Å². The van der Waals surface area contributed by atoms with Gasteiger partial charge in [0.05, 0.1) is 0 Å². The van der Waals surface area contributed by atoms with Gasteiger partial charge in [-0.15, -0.1) is 0 Å². The molecule has 1 aromatic rings. The van der Waals surface area contributed by atoms with Crippen molar-refractivity contribution in [2.75, 3.05) is 18.5 Å². The van der Waals surface area contributed by atoms with Gasteiger partial charge in [-0.1, -0.05) is 6.42 Å². The van der Waals surface area contributed by atoms with E-state index in [4.69, 9.17) is 5.11 Å². The number of anilines is 1. The molecule has 1 saturated carbocycles. The normalized spacial score (nSPS) is 22.4. The highest BCUT2D eigenvalue weighted by atomic mass is 16.4. The minimum atomic E-state index is -1.05. The molecule has 104 valence electrons. The van der Waals surface area contributed by atoms with Crippen molar-refractivity contribution in [3.8, 4) is 0 Å². The Bertz CT molecular complexity index is 464. The van der Waals surface area contributed by atoms with Gasteiger partial charge in [0.2, 0.25) is 5.95 Å². The van der Waals surface area contributed by atoms with Crippen LogP contribution in [-0.2, 0) is 0 Å². The Labute approximate surface area is 111 Å². The van der Waals surface area contributed by atoms with Gasteiger partial charge in [0.1, 0.15) is 0 Å². The van der Waals surface area contributed by atoms with Gasteiger partial charge in [-0.3, -0.25) is 0 Å². The van der Waals surface area contributed by atoms with Crippen LogP contribution in [0.15, 0.2) is 6.07 Å². The summed E-state index contributed by atoms with van der Waals surface area (Å²) in [5.74, 6) is 0.0299. The molecule has 1 heterocycles. The third kappa shape index (κ3) is 3.41. The number of aromatic nitrogens is 2. The van der Waals surface area contributed by atoms with Crippen molar-refractivity contribution in [1.82, 2.24) is 9.97 Å². The molecule has 1 aliphatic carbocycles. The lowest BCUT2D eigenvalue weighted by molar-refractivity contribution is 0.0690. The molecule has 1 aromatic heterocycles. The van der Waals surface area contributed by atoms with Gasteiger partial charge in [0.25, 0.3) is 0 Å². The predicted octanol–water partition coefficient (Wildman–Crippen LogP) is 1.30. The molecule has 0 aromatic carbocycles. The van der Waals surface area contributed by atoms with Crippen LogP contribution < -0.4 is 5.32 Å². The largest absolute Gasteiger partial charge is 0.477 e. The van der Waals surface area contributed by atoms with E-state index in [1.165, 1.54) is 6.07 Å². The molecule has 2 rings (SSSR count). The summed E-state index contributed by atoms with van der Waals surface area (Å²) in [6.07, 6.45) is 3.26. The number of hydrogen-bond acceptors (Lipinski definition) is 5. The van der Waals surface area contributed by atoms with Crippen molar-refractivity contribution in [3.63, 3.8) is 0 Å². The van der Waals surface area contributed by atoms with Gasteiger partial charge >= 0.3 is 5.97 Å². The third-order valence-corrected chi connectivity index (χ3v) is 3.65. The van der Waals surface area contributed by atoms with Crippen LogP contribution in [0.2, 0.25) is 0 Å². The molecular weight excluding hydrogens is 246 g/mol. The fourth-order valence-electron chi connectivity index (χ4n) is 2.60. The number of hydrogen-bond donors (Lipinski definition) is 3. The minimum Gasteiger partial charge on any atom is -0.477 e. The molecule has 1 fully saturated rings. The number of aliphatic hydroxyl groups excluding tert-OH is 1. The highest BCUT2D eigenvalue weighted by molar-refractivity contribution is 5.85. The van der Waals surface area contributed by atoms with E-state index in [9.17, 15) is 9.90 Å². The zero-order valence-corrected chi connectivity index (χ0v) is 11.0. The van der Waals surface area contributed by atoms with E-state index in [0.29, 0.717) is 30.0 Å². The first kappa shape index (κ1) is 13.7. The van der Waals surface area contributed by atoms with Gasteiger partial charge in [-0.05, 0) is 37.7 Å². The second-order valence-electron chi connectivity index (χ2n) is 5.04. The summed E-state index contributed by atoms with van der Waals surface area (Å²) >= 11 is 0. The molecule has 6 heteroatoms. The number of aryl methyl sites for hydroxylation is 1. The lowest BCUT2D eigenvalue weighted by Crippen LogP contribution is -2.22. The summed E-state index contributed by atoms with van der Waals surface area (Å²) in [5.41, 5.74) is 0.625. The number of carbonyl (C=O) groups is 1. The van der Waals surface area contributed by atoms with Crippen molar-refractivity contribution in [2.45, 2.75) is 26.2 Å². The monoisotopic (exact) mass is 265 g/mol. The molecule has 0 bridgehead atoms. The number of carboxylic acid groups (broad SMARTS) is 1. The molecule has 2 atom stereocenters. The Morgan fingerprint density at radius 1 is 1.42 bits per heavy atom. The van der Waals surface area contributed by atoms with Crippen LogP contribution >= 0.6 is 0 Å². The summed E-state index contributed by atoms with van der Waals surface area (Å²) in [4.78, 5) is 19.1. The van der Waals surface area contributed by atoms with Crippen molar-refractivity contribution < 1.29 is 15.0 Å². The Morgan fingerprint density at radius 3 is 2.84 bits per heavy atom. The number of nitrogens with one attached hydrogen (secondary N) is 1. The van der Waals surface area contributed by atoms with E-state index in [1.54, 1.807) is 6.92 Å². The average molecular weight is 265 g/mol. The highest BCUT2D eigenvalue weighted by Crippen LogP contribution is 2.31. The second kappa shape index (κ2) is 5.97.